The molecule has 1 aliphatic carbocycles. The summed E-state index contributed by atoms with van der Waals surface area (Å²) >= 11 is 0. The third-order valence-corrected chi connectivity index (χ3v) is 3.21. The fraction of sp³-hybridized carbons (Fsp3) is 0.312. The maximum atomic E-state index is 11.5. The van der Waals surface area contributed by atoms with Crippen molar-refractivity contribution in [3.05, 3.63) is 53.1 Å². The Morgan fingerprint density at radius 1 is 1.06 bits per heavy atom. The Kier molecular flexibility index (Phi) is 3.92. The smallest absolute Gasteiger partial charge is 0.156 e. The lowest BCUT2D eigenvalue weighted by Gasteiger charge is -2.15. The highest BCUT2D eigenvalue weighted by Crippen LogP contribution is 2.26. The standard InChI is InChI=1S/C16H18O/c1-13(17)16-10-6-5-9-15(16)12-11-14-7-3-2-4-8-14/h2-4,7-8,11-12H,5-6,9-10H2,1H3/b12-11+. The number of benzene rings is 1. The molecule has 0 aliphatic heterocycles. The van der Waals surface area contributed by atoms with Crippen LogP contribution in [0.5, 0.6) is 0 Å². The first-order valence-corrected chi connectivity index (χ1v) is 6.23. The third kappa shape index (κ3) is 3.16. The summed E-state index contributed by atoms with van der Waals surface area (Å²) in [6.45, 7) is 1.68. The fourth-order valence-corrected chi connectivity index (χ4v) is 2.28. The normalized spacial score (nSPS) is 16.5. The van der Waals surface area contributed by atoms with Gasteiger partial charge in [0.15, 0.2) is 5.78 Å². The van der Waals surface area contributed by atoms with E-state index >= 15 is 0 Å². The third-order valence-electron chi connectivity index (χ3n) is 3.21. The van der Waals surface area contributed by atoms with Gasteiger partial charge in [-0.3, -0.25) is 4.79 Å². The van der Waals surface area contributed by atoms with Crippen LogP contribution in [0.1, 0.15) is 38.2 Å². The molecule has 1 aliphatic rings. The van der Waals surface area contributed by atoms with Crippen molar-refractivity contribution in [2.75, 3.05) is 0 Å². The zero-order valence-corrected chi connectivity index (χ0v) is 10.3. The van der Waals surface area contributed by atoms with Gasteiger partial charge in [0, 0.05) is 0 Å². The molecule has 1 aromatic rings. The van der Waals surface area contributed by atoms with E-state index in [9.17, 15) is 4.79 Å². The van der Waals surface area contributed by atoms with Crippen molar-refractivity contribution in [1.82, 2.24) is 0 Å². The molecule has 0 fully saturated rings. The van der Waals surface area contributed by atoms with Crippen LogP contribution < -0.4 is 0 Å². The number of rotatable bonds is 3. The van der Waals surface area contributed by atoms with E-state index in [1.807, 2.05) is 18.2 Å². The van der Waals surface area contributed by atoms with Crippen molar-refractivity contribution < 1.29 is 4.79 Å². The van der Waals surface area contributed by atoms with Gasteiger partial charge >= 0.3 is 0 Å². The first-order valence-electron chi connectivity index (χ1n) is 6.23. The van der Waals surface area contributed by atoms with Crippen LogP contribution in [0.3, 0.4) is 0 Å². The van der Waals surface area contributed by atoms with E-state index in [1.165, 1.54) is 17.6 Å². The maximum Gasteiger partial charge on any atom is 0.156 e. The minimum Gasteiger partial charge on any atom is -0.295 e. The summed E-state index contributed by atoms with van der Waals surface area (Å²) in [6, 6.07) is 10.2. The van der Waals surface area contributed by atoms with Gasteiger partial charge in [0.05, 0.1) is 0 Å². The SMILES string of the molecule is CC(=O)C1=C(/C=C/c2ccccc2)CCCC1. The lowest BCUT2D eigenvalue weighted by atomic mass is 9.89. The topological polar surface area (TPSA) is 17.1 Å². The van der Waals surface area contributed by atoms with E-state index in [-0.39, 0.29) is 5.78 Å². The van der Waals surface area contributed by atoms with Crippen molar-refractivity contribution in [2.45, 2.75) is 32.6 Å². The zero-order valence-electron chi connectivity index (χ0n) is 10.3. The highest BCUT2D eigenvalue weighted by molar-refractivity contribution is 5.94. The van der Waals surface area contributed by atoms with Crippen LogP contribution in [-0.4, -0.2) is 5.78 Å². The Balaban J connectivity index is 2.21. The molecule has 0 bridgehead atoms. The minimum atomic E-state index is 0.234. The maximum absolute atomic E-state index is 11.5. The summed E-state index contributed by atoms with van der Waals surface area (Å²) in [5, 5.41) is 0. The van der Waals surface area contributed by atoms with Gasteiger partial charge in [0.1, 0.15) is 0 Å². The van der Waals surface area contributed by atoms with Crippen LogP contribution in [0.4, 0.5) is 0 Å². The quantitative estimate of drug-likeness (QED) is 0.756. The van der Waals surface area contributed by atoms with Crippen LogP contribution in [0.15, 0.2) is 47.6 Å². The number of hydrogen-bond donors (Lipinski definition) is 0. The Hall–Kier alpha value is -1.63. The molecule has 0 unspecified atom stereocenters. The number of hydrogen-bond acceptors (Lipinski definition) is 1. The summed E-state index contributed by atoms with van der Waals surface area (Å²) in [4.78, 5) is 11.5. The van der Waals surface area contributed by atoms with Gasteiger partial charge in [-0.25, -0.2) is 0 Å². The van der Waals surface area contributed by atoms with Crippen LogP contribution >= 0.6 is 0 Å². The molecule has 0 heterocycles. The van der Waals surface area contributed by atoms with E-state index in [0.29, 0.717) is 0 Å². The largest absolute Gasteiger partial charge is 0.295 e. The summed E-state index contributed by atoms with van der Waals surface area (Å²) in [5.74, 6) is 0.234. The number of carbonyl (C=O) groups is 1. The predicted molar refractivity (Wildman–Crippen MR) is 71.7 cm³/mol. The van der Waals surface area contributed by atoms with Gasteiger partial charge < -0.3 is 0 Å². The monoisotopic (exact) mass is 226 g/mol. The van der Waals surface area contributed by atoms with Crippen molar-refractivity contribution in [1.29, 1.82) is 0 Å². The molecule has 17 heavy (non-hydrogen) atoms. The number of allylic oxidation sites excluding steroid dienone is 3. The van der Waals surface area contributed by atoms with Gasteiger partial charge in [-0.2, -0.15) is 0 Å². The summed E-state index contributed by atoms with van der Waals surface area (Å²) < 4.78 is 0. The Bertz CT molecular complexity index is 452. The van der Waals surface area contributed by atoms with Gasteiger partial charge in [0.25, 0.3) is 0 Å². The van der Waals surface area contributed by atoms with E-state index in [0.717, 1.165) is 24.8 Å². The van der Waals surface area contributed by atoms with Crippen molar-refractivity contribution in [3.8, 4) is 0 Å². The fourth-order valence-electron chi connectivity index (χ4n) is 2.28. The van der Waals surface area contributed by atoms with Crippen LogP contribution in [-0.2, 0) is 4.79 Å². The lowest BCUT2D eigenvalue weighted by molar-refractivity contribution is -0.113. The highest BCUT2D eigenvalue weighted by atomic mass is 16.1. The molecule has 0 N–H and O–H groups in total. The summed E-state index contributed by atoms with van der Waals surface area (Å²) in [6.07, 6.45) is 8.56. The molecule has 0 atom stereocenters. The first kappa shape index (κ1) is 11.8. The number of carbonyl (C=O) groups excluding carboxylic acids is 1. The lowest BCUT2D eigenvalue weighted by Crippen LogP contribution is -2.05. The average molecular weight is 226 g/mol. The number of Topliss-reactive ketones (excluding diaryl/α,β-unsaturated/α-hetero) is 1. The highest BCUT2D eigenvalue weighted by Gasteiger charge is 2.13. The number of ketones is 1. The Morgan fingerprint density at radius 3 is 2.47 bits per heavy atom. The molecule has 0 spiro atoms. The molecule has 1 aromatic carbocycles. The second-order valence-electron chi connectivity index (χ2n) is 4.51. The van der Waals surface area contributed by atoms with E-state index < -0.39 is 0 Å². The zero-order chi connectivity index (χ0) is 12.1. The molecule has 0 saturated carbocycles. The van der Waals surface area contributed by atoms with Gasteiger partial charge in [0.2, 0.25) is 0 Å². The first-order chi connectivity index (χ1) is 8.27. The second-order valence-corrected chi connectivity index (χ2v) is 4.51. The van der Waals surface area contributed by atoms with E-state index in [2.05, 4.69) is 24.3 Å². The van der Waals surface area contributed by atoms with Crippen molar-refractivity contribution in [3.63, 3.8) is 0 Å². The molecule has 1 nitrogen and oxygen atoms in total. The molecular formula is C16H18O. The molecule has 0 aromatic heterocycles. The van der Waals surface area contributed by atoms with E-state index in [4.69, 9.17) is 0 Å². The van der Waals surface area contributed by atoms with Crippen molar-refractivity contribution >= 4 is 11.9 Å². The molecule has 0 radical (unpaired) electrons. The summed E-state index contributed by atoms with van der Waals surface area (Å²) in [7, 11) is 0. The molecule has 0 saturated heterocycles. The molecule has 88 valence electrons. The molecule has 2 rings (SSSR count). The van der Waals surface area contributed by atoms with Gasteiger partial charge in [-0.1, -0.05) is 42.5 Å². The molecule has 0 amide bonds. The van der Waals surface area contributed by atoms with Gasteiger partial charge in [-0.15, -0.1) is 0 Å². The van der Waals surface area contributed by atoms with Crippen molar-refractivity contribution in [2.24, 2.45) is 0 Å². The Morgan fingerprint density at radius 2 is 1.76 bits per heavy atom. The predicted octanol–water partition coefficient (Wildman–Crippen LogP) is 4.16. The molecule has 1 heteroatoms. The second kappa shape index (κ2) is 5.62. The Labute approximate surface area is 103 Å². The van der Waals surface area contributed by atoms with Crippen LogP contribution in [0.2, 0.25) is 0 Å². The van der Waals surface area contributed by atoms with Crippen LogP contribution in [0.25, 0.3) is 6.08 Å². The van der Waals surface area contributed by atoms with Gasteiger partial charge in [-0.05, 0) is 49.3 Å². The van der Waals surface area contributed by atoms with Crippen LogP contribution in [0, 0.1) is 0 Å². The molecular weight excluding hydrogens is 208 g/mol. The minimum absolute atomic E-state index is 0.234. The summed E-state index contributed by atoms with van der Waals surface area (Å²) in [5.41, 5.74) is 3.45. The van der Waals surface area contributed by atoms with E-state index in [1.54, 1.807) is 6.92 Å². The average Bonchev–Trinajstić information content (AvgIpc) is 2.38.